The van der Waals surface area contributed by atoms with Gasteiger partial charge in [0.25, 0.3) is 5.91 Å². The molecule has 2 aromatic carbocycles. The number of nitrogens with zero attached hydrogens (tertiary/aromatic N) is 1. The highest BCUT2D eigenvalue weighted by atomic mass is 16.5. The number of hydrogen-bond donors (Lipinski definition) is 2. The van der Waals surface area contributed by atoms with Crippen LogP contribution in [-0.4, -0.2) is 37.7 Å². The third-order valence-electron chi connectivity index (χ3n) is 4.42. The zero-order chi connectivity index (χ0) is 19.8. The quantitative estimate of drug-likeness (QED) is 0.590. The molecule has 0 bridgehead atoms. The number of guanidine groups is 1. The van der Waals surface area contributed by atoms with Crippen LogP contribution in [0.3, 0.4) is 0 Å². The number of rotatable bonds is 6. The normalized spacial score (nSPS) is 16.6. The Balaban J connectivity index is 1.71. The Morgan fingerprint density at radius 1 is 1.25 bits per heavy atom. The van der Waals surface area contributed by atoms with E-state index in [2.05, 4.69) is 15.6 Å². The third kappa shape index (κ3) is 5.82. The summed E-state index contributed by atoms with van der Waals surface area (Å²) < 4.78 is 11.1. The summed E-state index contributed by atoms with van der Waals surface area (Å²) in [5.74, 6) is 0.929. The summed E-state index contributed by atoms with van der Waals surface area (Å²) in [6.07, 6.45) is 2.16. The molecule has 2 N–H and O–H groups in total. The fourth-order valence-electron chi connectivity index (χ4n) is 3.00. The summed E-state index contributed by atoms with van der Waals surface area (Å²) in [4.78, 5) is 17.2. The minimum absolute atomic E-state index is 0.108. The van der Waals surface area contributed by atoms with E-state index in [0.29, 0.717) is 24.7 Å². The van der Waals surface area contributed by atoms with Gasteiger partial charge in [-0.25, -0.2) is 4.99 Å². The van der Waals surface area contributed by atoms with Gasteiger partial charge in [0.05, 0.1) is 19.3 Å². The van der Waals surface area contributed by atoms with Crippen molar-refractivity contribution < 1.29 is 14.3 Å². The number of nitrogens with one attached hydrogen (secondary N) is 2. The molecule has 2 aromatic rings. The molecule has 28 heavy (non-hydrogen) atoms. The van der Waals surface area contributed by atoms with E-state index in [1.807, 2.05) is 38.1 Å². The molecular formula is C22H27N3O3. The largest absolute Gasteiger partial charge is 0.494 e. The maximum atomic E-state index is 12.7. The molecular weight excluding hydrogens is 354 g/mol. The highest BCUT2D eigenvalue weighted by Crippen LogP contribution is 2.14. The average molecular weight is 381 g/mol. The summed E-state index contributed by atoms with van der Waals surface area (Å²) in [5, 5.41) is 6.09. The summed E-state index contributed by atoms with van der Waals surface area (Å²) in [6, 6.07) is 15.0. The lowest BCUT2D eigenvalue weighted by atomic mass is 10.2. The molecule has 3 rings (SSSR count). The Labute approximate surface area is 166 Å². The van der Waals surface area contributed by atoms with E-state index in [4.69, 9.17) is 9.47 Å². The number of anilines is 1. The molecule has 1 heterocycles. The number of benzene rings is 2. The molecule has 0 aliphatic carbocycles. The van der Waals surface area contributed by atoms with E-state index in [-0.39, 0.29) is 12.0 Å². The molecule has 0 aromatic heterocycles. The number of ether oxygens (including phenoxy) is 2. The molecule has 1 aliphatic heterocycles. The van der Waals surface area contributed by atoms with Crippen molar-refractivity contribution in [2.24, 2.45) is 4.99 Å². The van der Waals surface area contributed by atoms with Gasteiger partial charge in [0.2, 0.25) is 5.96 Å². The van der Waals surface area contributed by atoms with E-state index < -0.39 is 0 Å². The van der Waals surface area contributed by atoms with Gasteiger partial charge in [0.1, 0.15) is 5.75 Å². The number of hydrogen-bond acceptors (Lipinski definition) is 4. The van der Waals surface area contributed by atoms with Crippen molar-refractivity contribution in [3.63, 3.8) is 0 Å². The second-order valence-electron chi connectivity index (χ2n) is 6.73. The van der Waals surface area contributed by atoms with Gasteiger partial charge < -0.3 is 14.8 Å². The van der Waals surface area contributed by atoms with Crippen molar-refractivity contribution >= 4 is 17.6 Å². The highest BCUT2D eigenvalue weighted by Gasteiger charge is 2.16. The second-order valence-corrected chi connectivity index (χ2v) is 6.73. The molecule has 0 radical (unpaired) electrons. The maximum absolute atomic E-state index is 12.7. The van der Waals surface area contributed by atoms with Crippen molar-refractivity contribution in [3.8, 4) is 5.75 Å². The summed E-state index contributed by atoms with van der Waals surface area (Å²) in [7, 11) is 0. The van der Waals surface area contributed by atoms with Crippen LogP contribution in [0.25, 0.3) is 0 Å². The second kappa shape index (κ2) is 9.90. The fraction of sp³-hybridized carbons (Fsp3) is 0.364. The van der Waals surface area contributed by atoms with Crippen LogP contribution in [0.1, 0.15) is 35.7 Å². The molecule has 1 atom stereocenters. The van der Waals surface area contributed by atoms with Gasteiger partial charge >= 0.3 is 0 Å². The predicted molar refractivity (Wildman–Crippen MR) is 111 cm³/mol. The Bertz CT molecular complexity index is 812. The van der Waals surface area contributed by atoms with Crippen LogP contribution < -0.4 is 15.4 Å². The third-order valence-corrected chi connectivity index (χ3v) is 4.42. The van der Waals surface area contributed by atoms with Gasteiger partial charge in [0, 0.05) is 17.9 Å². The minimum atomic E-state index is -0.228. The zero-order valence-corrected chi connectivity index (χ0v) is 16.4. The van der Waals surface area contributed by atoms with Crippen LogP contribution in [0.5, 0.6) is 5.75 Å². The van der Waals surface area contributed by atoms with Crippen LogP contribution in [-0.2, 0) is 4.74 Å². The maximum Gasteiger partial charge on any atom is 0.257 e. The van der Waals surface area contributed by atoms with Crippen LogP contribution in [0.2, 0.25) is 0 Å². The monoisotopic (exact) mass is 381 g/mol. The van der Waals surface area contributed by atoms with Crippen molar-refractivity contribution in [2.75, 3.05) is 25.1 Å². The number of aliphatic imine (C=N–C) groups is 1. The lowest BCUT2D eigenvalue weighted by molar-refractivity contribution is 0.0975. The number of aryl methyl sites for hydroxylation is 1. The van der Waals surface area contributed by atoms with Crippen LogP contribution in [0.4, 0.5) is 5.69 Å². The van der Waals surface area contributed by atoms with Gasteiger partial charge in [-0.3, -0.25) is 10.1 Å². The van der Waals surface area contributed by atoms with Crippen LogP contribution in [0.15, 0.2) is 53.5 Å². The Hall–Kier alpha value is -2.86. The molecule has 1 fully saturated rings. The minimum Gasteiger partial charge on any atom is -0.494 e. The van der Waals surface area contributed by atoms with E-state index in [9.17, 15) is 4.79 Å². The van der Waals surface area contributed by atoms with Gasteiger partial charge in [-0.15, -0.1) is 0 Å². The van der Waals surface area contributed by atoms with E-state index in [0.717, 1.165) is 36.4 Å². The first-order valence-corrected chi connectivity index (χ1v) is 9.68. The van der Waals surface area contributed by atoms with Gasteiger partial charge in [0.15, 0.2) is 0 Å². The standard InChI is InChI=1S/C22H27N3O3/c1-3-27-19-11-9-17(10-12-19)21(26)25-22(23-15-20-8-5-13-28-20)24-18-7-4-6-16(2)14-18/h4,6-7,9-12,14,20H,3,5,8,13,15H2,1-2H3,(H2,23,24,25,26)/t20-/m1/s1. The highest BCUT2D eigenvalue weighted by molar-refractivity contribution is 6.10. The summed E-state index contributed by atoms with van der Waals surface area (Å²) in [6.45, 7) is 5.82. The lowest BCUT2D eigenvalue weighted by Gasteiger charge is -2.14. The van der Waals surface area contributed by atoms with Crippen LogP contribution in [0, 0.1) is 6.92 Å². The molecule has 0 spiro atoms. The van der Waals surface area contributed by atoms with Gasteiger partial charge in [-0.2, -0.15) is 0 Å². The fourth-order valence-corrected chi connectivity index (χ4v) is 3.00. The smallest absolute Gasteiger partial charge is 0.257 e. The lowest BCUT2D eigenvalue weighted by Crippen LogP contribution is -2.36. The van der Waals surface area contributed by atoms with E-state index >= 15 is 0 Å². The van der Waals surface area contributed by atoms with Crippen LogP contribution >= 0.6 is 0 Å². The number of carbonyl (C=O) groups excluding carboxylic acids is 1. The Kier molecular flexibility index (Phi) is 7.03. The van der Waals surface area contributed by atoms with E-state index in [1.165, 1.54) is 0 Å². The number of amides is 1. The van der Waals surface area contributed by atoms with Crippen molar-refractivity contribution in [3.05, 3.63) is 59.7 Å². The molecule has 0 unspecified atom stereocenters. The SMILES string of the molecule is CCOc1ccc(C(=O)NC(=NC[C@H]2CCCO2)Nc2cccc(C)c2)cc1. The number of carbonyl (C=O) groups is 1. The first kappa shape index (κ1) is 19.9. The first-order valence-electron chi connectivity index (χ1n) is 9.68. The van der Waals surface area contributed by atoms with Crippen molar-refractivity contribution in [2.45, 2.75) is 32.8 Å². The van der Waals surface area contributed by atoms with Crippen molar-refractivity contribution in [1.29, 1.82) is 0 Å². The average Bonchev–Trinajstić information content (AvgIpc) is 3.20. The predicted octanol–water partition coefficient (Wildman–Crippen LogP) is 3.77. The Morgan fingerprint density at radius 2 is 2.07 bits per heavy atom. The molecule has 1 saturated heterocycles. The van der Waals surface area contributed by atoms with Gasteiger partial charge in [-0.05, 0) is 68.7 Å². The zero-order valence-electron chi connectivity index (χ0n) is 16.4. The molecule has 148 valence electrons. The first-order chi connectivity index (χ1) is 13.6. The molecule has 6 nitrogen and oxygen atoms in total. The van der Waals surface area contributed by atoms with E-state index in [1.54, 1.807) is 24.3 Å². The Morgan fingerprint density at radius 3 is 2.75 bits per heavy atom. The summed E-state index contributed by atoms with van der Waals surface area (Å²) >= 11 is 0. The molecule has 0 saturated carbocycles. The van der Waals surface area contributed by atoms with Crippen molar-refractivity contribution in [1.82, 2.24) is 5.32 Å². The topological polar surface area (TPSA) is 72.0 Å². The molecule has 1 amide bonds. The van der Waals surface area contributed by atoms with Gasteiger partial charge in [-0.1, -0.05) is 12.1 Å². The summed E-state index contributed by atoms with van der Waals surface area (Å²) in [5.41, 5.74) is 2.54. The molecule has 1 aliphatic rings. The molecule has 6 heteroatoms.